The number of ether oxygens (including phenoxy) is 3. The predicted octanol–water partition coefficient (Wildman–Crippen LogP) is 3.16. The van der Waals surface area contributed by atoms with E-state index in [1.54, 1.807) is 25.2 Å². The Morgan fingerprint density at radius 2 is 1.78 bits per heavy atom. The zero-order chi connectivity index (χ0) is 18.8. The minimum atomic E-state index is -0.0441. The molecule has 27 heavy (non-hydrogen) atoms. The number of hydrogen-bond donors (Lipinski definition) is 0. The summed E-state index contributed by atoms with van der Waals surface area (Å²) in [5, 5.41) is 0.820. The minimum absolute atomic E-state index is 0.0314. The second kappa shape index (κ2) is 7.15. The van der Waals surface area contributed by atoms with Crippen LogP contribution in [0, 0.1) is 0 Å². The van der Waals surface area contributed by atoms with Gasteiger partial charge in [0.15, 0.2) is 0 Å². The normalized spacial score (nSPS) is 13.9. The van der Waals surface area contributed by atoms with Gasteiger partial charge in [0.1, 0.15) is 17.6 Å². The SMILES string of the molecule is COc1cccc(OC2CN(C(=O)c3cc(OC)nc4ccccc34)C2)c1. The van der Waals surface area contributed by atoms with E-state index in [9.17, 15) is 4.79 Å². The molecule has 0 spiro atoms. The number of nitrogens with zero attached hydrogens (tertiary/aromatic N) is 2. The molecule has 2 aromatic carbocycles. The standard InChI is InChI=1S/C21H20N2O4/c1-25-14-6-5-7-15(10-14)27-16-12-23(13-16)21(24)18-11-20(26-2)22-19-9-4-3-8-17(18)19/h3-11,16H,12-13H2,1-2H3. The van der Waals surface area contributed by atoms with Gasteiger partial charge in [-0.3, -0.25) is 4.79 Å². The van der Waals surface area contributed by atoms with Crippen LogP contribution < -0.4 is 14.2 Å². The van der Waals surface area contributed by atoms with Gasteiger partial charge < -0.3 is 19.1 Å². The molecule has 1 saturated heterocycles. The van der Waals surface area contributed by atoms with Crippen LogP contribution in [0.3, 0.4) is 0 Å². The van der Waals surface area contributed by atoms with E-state index in [2.05, 4.69) is 4.98 Å². The van der Waals surface area contributed by atoms with E-state index in [0.29, 0.717) is 24.5 Å². The van der Waals surface area contributed by atoms with Crippen molar-refractivity contribution in [3.8, 4) is 17.4 Å². The average molecular weight is 364 g/mol. The number of carbonyl (C=O) groups is 1. The summed E-state index contributed by atoms with van der Waals surface area (Å²) in [6.07, 6.45) is -0.0314. The van der Waals surface area contributed by atoms with Crippen LogP contribution in [0.5, 0.6) is 17.4 Å². The number of hydrogen-bond acceptors (Lipinski definition) is 5. The number of amides is 1. The van der Waals surface area contributed by atoms with E-state index in [-0.39, 0.29) is 12.0 Å². The molecule has 138 valence electrons. The third kappa shape index (κ3) is 3.38. The predicted molar refractivity (Wildman–Crippen MR) is 102 cm³/mol. The lowest BCUT2D eigenvalue weighted by Gasteiger charge is -2.39. The molecule has 0 atom stereocenters. The second-order valence-electron chi connectivity index (χ2n) is 6.36. The number of para-hydroxylation sites is 1. The van der Waals surface area contributed by atoms with E-state index in [1.807, 2.05) is 48.5 Å². The van der Waals surface area contributed by atoms with Gasteiger partial charge in [0, 0.05) is 17.5 Å². The summed E-state index contributed by atoms with van der Waals surface area (Å²) < 4.78 is 16.4. The van der Waals surface area contributed by atoms with Crippen molar-refractivity contribution in [3.05, 3.63) is 60.2 Å². The van der Waals surface area contributed by atoms with Crippen molar-refractivity contribution >= 4 is 16.8 Å². The van der Waals surface area contributed by atoms with E-state index >= 15 is 0 Å². The third-order valence-corrected chi connectivity index (χ3v) is 4.61. The van der Waals surface area contributed by atoms with E-state index < -0.39 is 0 Å². The summed E-state index contributed by atoms with van der Waals surface area (Å²) in [6.45, 7) is 1.07. The summed E-state index contributed by atoms with van der Waals surface area (Å²) >= 11 is 0. The highest BCUT2D eigenvalue weighted by molar-refractivity contribution is 6.06. The zero-order valence-electron chi connectivity index (χ0n) is 15.2. The lowest BCUT2D eigenvalue weighted by atomic mass is 10.0. The molecule has 2 heterocycles. The molecular weight excluding hydrogens is 344 g/mol. The number of pyridine rings is 1. The van der Waals surface area contributed by atoms with Crippen molar-refractivity contribution in [1.82, 2.24) is 9.88 Å². The fourth-order valence-corrected chi connectivity index (χ4v) is 3.15. The molecule has 1 fully saturated rings. The molecule has 0 unspecified atom stereocenters. The molecule has 1 amide bonds. The first kappa shape index (κ1) is 17.1. The maximum atomic E-state index is 13.0. The van der Waals surface area contributed by atoms with Gasteiger partial charge in [-0.2, -0.15) is 0 Å². The molecule has 0 bridgehead atoms. The van der Waals surface area contributed by atoms with Crippen LogP contribution in [0.2, 0.25) is 0 Å². The Hall–Kier alpha value is -3.28. The van der Waals surface area contributed by atoms with Crippen molar-refractivity contribution in [2.75, 3.05) is 27.3 Å². The van der Waals surface area contributed by atoms with Gasteiger partial charge in [-0.1, -0.05) is 24.3 Å². The first-order valence-electron chi connectivity index (χ1n) is 8.71. The van der Waals surface area contributed by atoms with Gasteiger partial charge in [-0.15, -0.1) is 0 Å². The molecular formula is C21H20N2O4. The Morgan fingerprint density at radius 1 is 1.00 bits per heavy atom. The van der Waals surface area contributed by atoms with Crippen molar-refractivity contribution < 1.29 is 19.0 Å². The molecule has 6 nitrogen and oxygen atoms in total. The summed E-state index contributed by atoms with van der Waals surface area (Å²) in [4.78, 5) is 19.1. The highest BCUT2D eigenvalue weighted by Crippen LogP contribution is 2.27. The molecule has 3 aromatic rings. The molecule has 0 aliphatic carbocycles. The summed E-state index contributed by atoms with van der Waals surface area (Å²) in [5.41, 5.74) is 1.34. The maximum absolute atomic E-state index is 13.0. The molecule has 6 heteroatoms. The fraction of sp³-hybridized carbons (Fsp3) is 0.238. The molecule has 1 aliphatic rings. The molecule has 4 rings (SSSR count). The van der Waals surface area contributed by atoms with Gasteiger partial charge in [0.25, 0.3) is 5.91 Å². The number of rotatable bonds is 5. The molecule has 0 N–H and O–H groups in total. The van der Waals surface area contributed by atoms with E-state index in [0.717, 1.165) is 22.4 Å². The Morgan fingerprint density at radius 3 is 2.56 bits per heavy atom. The summed E-state index contributed by atoms with van der Waals surface area (Å²) in [6, 6.07) is 16.7. The van der Waals surface area contributed by atoms with Crippen LogP contribution in [-0.4, -0.2) is 49.2 Å². The molecule has 0 radical (unpaired) electrons. The van der Waals surface area contributed by atoms with Crippen LogP contribution in [0.1, 0.15) is 10.4 Å². The number of methoxy groups -OCH3 is 2. The topological polar surface area (TPSA) is 60.9 Å². The van der Waals surface area contributed by atoms with Crippen LogP contribution in [0.4, 0.5) is 0 Å². The van der Waals surface area contributed by atoms with Crippen LogP contribution in [-0.2, 0) is 0 Å². The maximum Gasteiger partial charge on any atom is 0.255 e. The number of fused-ring (bicyclic) bond motifs is 1. The van der Waals surface area contributed by atoms with Crippen molar-refractivity contribution in [3.63, 3.8) is 0 Å². The Balaban J connectivity index is 1.48. The van der Waals surface area contributed by atoms with Crippen LogP contribution >= 0.6 is 0 Å². The zero-order valence-corrected chi connectivity index (χ0v) is 15.2. The first-order chi connectivity index (χ1) is 13.2. The average Bonchev–Trinajstić information content (AvgIpc) is 2.69. The minimum Gasteiger partial charge on any atom is -0.497 e. The van der Waals surface area contributed by atoms with Gasteiger partial charge in [0.2, 0.25) is 5.88 Å². The Bertz CT molecular complexity index is 983. The monoisotopic (exact) mass is 364 g/mol. The van der Waals surface area contributed by atoms with Crippen LogP contribution in [0.15, 0.2) is 54.6 Å². The second-order valence-corrected chi connectivity index (χ2v) is 6.36. The Labute approximate surface area is 157 Å². The fourth-order valence-electron chi connectivity index (χ4n) is 3.15. The van der Waals surface area contributed by atoms with Crippen molar-refractivity contribution in [2.24, 2.45) is 0 Å². The van der Waals surface area contributed by atoms with Gasteiger partial charge >= 0.3 is 0 Å². The smallest absolute Gasteiger partial charge is 0.255 e. The number of carbonyl (C=O) groups excluding carboxylic acids is 1. The van der Waals surface area contributed by atoms with E-state index in [1.165, 1.54) is 0 Å². The molecule has 1 aromatic heterocycles. The van der Waals surface area contributed by atoms with Gasteiger partial charge in [0.05, 0.1) is 38.4 Å². The van der Waals surface area contributed by atoms with Crippen molar-refractivity contribution in [1.29, 1.82) is 0 Å². The third-order valence-electron chi connectivity index (χ3n) is 4.61. The number of likely N-dealkylation sites (tertiary alicyclic amines) is 1. The van der Waals surface area contributed by atoms with Crippen molar-refractivity contribution in [2.45, 2.75) is 6.10 Å². The lowest BCUT2D eigenvalue weighted by molar-refractivity contribution is 0.0178. The largest absolute Gasteiger partial charge is 0.497 e. The quantitative estimate of drug-likeness (QED) is 0.696. The summed E-state index contributed by atoms with van der Waals surface area (Å²) in [7, 11) is 3.17. The highest BCUT2D eigenvalue weighted by atomic mass is 16.5. The number of benzene rings is 2. The van der Waals surface area contributed by atoms with Gasteiger partial charge in [-0.05, 0) is 18.2 Å². The highest BCUT2D eigenvalue weighted by Gasteiger charge is 2.33. The van der Waals surface area contributed by atoms with E-state index in [4.69, 9.17) is 14.2 Å². The summed E-state index contributed by atoms with van der Waals surface area (Å²) in [5.74, 6) is 1.87. The lowest BCUT2D eigenvalue weighted by Crippen LogP contribution is -2.56. The molecule has 0 saturated carbocycles. The molecule has 1 aliphatic heterocycles. The van der Waals surface area contributed by atoms with Crippen LogP contribution in [0.25, 0.3) is 10.9 Å². The van der Waals surface area contributed by atoms with Gasteiger partial charge in [-0.25, -0.2) is 4.98 Å². The number of aromatic nitrogens is 1. The first-order valence-corrected chi connectivity index (χ1v) is 8.71. The Kier molecular flexibility index (Phi) is 4.54.